The van der Waals surface area contributed by atoms with Gasteiger partial charge in [-0.2, -0.15) is 0 Å². The molecule has 3 fully saturated rings. The Labute approximate surface area is 379 Å². The number of ether oxygens (including phenoxy) is 2. The minimum Gasteiger partial charge on any atom is -0.455 e. The molecule has 4 aromatic rings. The Kier molecular flexibility index (Phi) is 14.4. The topological polar surface area (TPSA) is 178 Å². The molecule has 2 aliphatic heterocycles. The van der Waals surface area contributed by atoms with Crippen LogP contribution in [-0.2, 0) is 19.6 Å². The largest absolute Gasteiger partial charge is 0.455 e. The van der Waals surface area contributed by atoms with Gasteiger partial charge in [0, 0.05) is 80.4 Å². The van der Waals surface area contributed by atoms with E-state index in [0.29, 0.717) is 73.6 Å². The molecule has 2 aliphatic carbocycles. The molecule has 5 atom stereocenters. The molecule has 4 aliphatic rings. The first-order valence-corrected chi connectivity index (χ1v) is 24.3. The summed E-state index contributed by atoms with van der Waals surface area (Å²) in [4.78, 5) is 43.7. The number of sulfonamides is 1. The number of amides is 1. The Morgan fingerprint density at radius 2 is 1.89 bits per heavy atom. The van der Waals surface area contributed by atoms with Gasteiger partial charge in [0.25, 0.3) is 20.9 Å². The number of nitrogens with zero attached hydrogens (tertiary/aromatic N) is 4. The summed E-state index contributed by atoms with van der Waals surface area (Å²) in [6, 6.07) is 12.8. The quantitative estimate of drug-likeness (QED) is 0.0841. The lowest BCUT2D eigenvalue weighted by molar-refractivity contribution is -0.736. The summed E-state index contributed by atoms with van der Waals surface area (Å²) >= 11 is 6.36. The van der Waals surface area contributed by atoms with Crippen LogP contribution in [0.1, 0.15) is 68.6 Å². The van der Waals surface area contributed by atoms with Crippen LogP contribution in [0.4, 0.5) is 17.1 Å². The van der Waals surface area contributed by atoms with Crippen LogP contribution in [0.3, 0.4) is 0 Å². The van der Waals surface area contributed by atoms with Crippen molar-refractivity contribution in [3.8, 4) is 11.5 Å². The van der Waals surface area contributed by atoms with Crippen molar-refractivity contribution in [1.82, 2.24) is 19.6 Å². The maximum atomic E-state index is 14.0. The number of nitrogens with one attached hydrogen (secondary N) is 3. The molecule has 342 valence electrons. The number of halogens is 1. The number of hydrogen-bond acceptors (Lipinski definition) is 12. The van der Waals surface area contributed by atoms with E-state index in [2.05, 4.69) is 48.2 Å². The van der Waals surface area contributed by atoms with Gasteiger partial charge >= 0.3 is 5.69 Å². The number of H-pyrrole nitrogens is 1. The number of aromatic amines is 1. The number of aliphatic hydroxyl groups excluding tert-OH is 1. The summed E-state index contributed by atoms with van der Waals surface area (Å²) in [7, 11) is -3.29. The highest BCUT2D eigenvalue weighted by Crippen LogP contribution is 2.46. The van der Waals surface area contributed by atoms with E-state index in [1.165, 1.54) is 37.9 Å². The first kappa shape index (κ1) is 45.4. The number of piperazine rings is 1. The average molecular weight is 918 g/mol. The number of fused-ring (bicyclic) bond motifs is 1. The molecule has 2 saturated heterocycles. The first-order valence-electron chi connectivity index (χ1n) is 22.4. The van der Waals surface area contributed by atoms with Gasteiger partial charge < -0.3 is 34.7 Å². The van der Waals surface area contributed by atoms with Crippen LogP contribution in [-0.4, -0.2) is 98.4 Å². The van der Waals surface area contributed by atoms with Gasteiger partial charge in [-0.05, 0) is 124 Å². The normalized spacial score (nSPS) is 22.8. The first-order chi connectivity index (χ1) is 30.9. The highest BCUT2D eigenvalue weighted by atomic mass is 35.5. The van der Waals surface area contributed by atoms with Crippen LogP contribution >= 0.6 is 11.6 Å². The van der Waals surface area contributed by atoms with Gasteiger partial charge in [0.15, 0.2) is 7.11 Å². The van der Waals surface area contributed by atoms with Crippen LogP contribution in [0, 0.1) is 34.5 Å². The van der Waals surface area contributed by atoms with Crippen molar-refractivity contribution in [2.45, 2.75) is 69.3 Å². The number of benzene rings is 2. The van der Waals surface area contributed by atoms with E-state index in [-0.39, 0.29) is 38.8 Å². The number of aromatic nitrogens is 2. The zero-order valence-corrected chi connectivity index (χ0v) is 38.0. The van der Waals surface area contributed by atoms with E-state index in [1.54, 1.807) is 30.5 Å². The highest BCUT2D eigenvalue weighted by molar-refractivity contribution is 7.90. The number of pyridine rings is 1. The Morgan fingerprint density at radius 3 is 2.64 bits per heavy atom. The van der Waals surface area contributed by atoms with Crippen molar-refractivity contribution < 1.29 is 37.6 Å². The third-order valence-corrected chi connectivity index (χ3v) is 15.2. The molecule has 4 heterocycles. The summed E-state index contributed by atoms with van der Waals surface area (Å²) in [5, 5.41) is 15.9. The maximum Gasteiger partial charge on any atom is 0.340 e. The van der Waals surface area contributed by atoms with Gasteiger partial charge in [0.2, 0.25) is 0 Å². The molecule has 4 N–H and O–H groups in total. The van der Waals surface area contributed by atoms with Crippen molar-refractivity contribution in [3.63, 3.8) is 0 Å². The van der Waals surface area contributed by atoms with E-state index in [4.69, 9.17) is 25.9 Å². The molecular weight excluding hydrogens is 858 g/mol. The van der Waals surface area contributed by atoms with Crippen molar-refractivity contribution in [2.75, 3.05) is 63.3 Å². The number of rotatable bonds is 15. The van der Waals surface area contributed by atoms with Gasteiger partial charge in [-0.3, -0.25) is 4.79 Å². The third kappa shape index (κ3) is 10.7. The monoisotopic (exact) mass is 916 g/mol. The van der Waals surface area contributed by atoms with Crippen molar-refractivity contribution in [3.05, 3.63) is 94.8 Å². The fraction of sp³-hybridized carbons (Fsp3) is 0.489. The zero-order chi connectivity index (χ0) is 44.8. The fourth-order valence-electron chi connectivity index (χ4n) is 9.85. The second kappa shape index (κ2) is 20.3. The van der Waals surface area contributed by atoms with Gasteiger partial charge in [-0.25, -0.2) is 23.0 Å². The third-order valence-electron chi connectivity index (χ3n) is 13.5. The summed E-state index contributed by atoms with van der Waals surface area (Å²) in [5.74, 6) is 1.52. The van der Waals surface area contributed by atoms with E-state index in [1.807, 2.05) is 13.0 Å². The molecule has 0 bridgehead atoms. The lowest BCUT2D eigenvalue weighted by Crippen LogP contribution is -2.44. The van der Waals surface area contributed by atoms with Crippen LogP contribution in [0.5, 0.6) is 11.5 Å². The lowest BCUT2D eigenvalue weighted by atomic mass is 9.63. The number of carbonyl (C=O) groups is 1. The second-order valence-electron chi connectivity index (χ2n) is 17.5. The predicted molar refractivity (Wildman–Crippen MR) is 246 cm³/mol. The Hall–Kier alpha value is -5.16. The van der Waals surface area contributed by atoms with Crippen molar-refractivity contribution in [2.24, 2.45) is 29.6 Å². The number of anilines is 2. The molecule has 1 saturated carbocycles. The molecule has 4 unspecified atom stereocenters. The number of carbonyl (C=O) groups excluding carboxylic acids is 1. The van der Waals surface area contributed by atoms with Gasteiger partial charge in [-0.15, -0.1) is 0 Å². The molecule has 0 radical (unpaired) electrons. The van der Waals surface area contributed by atoms with Crippen molar-refractivity contribution in [1.29, 1.82) is 0 Å². The Morgan fingerprint density at radius 1 is 1.08 bits per heavy atom. The molecule has 15 nitrogen and oxygen atoms in total. The molecule has 17 heteroatoms. The van der Waals surface area contributed by atoms with E-state index in [0.717, 1.165) is 74.1 Å². The molecule has 2 aromatic carbocycles. The summed E-state index contributed by atoms with van der Waals surface area (Å²) in [6.45, 7) is 6.73. The van der Waals surface area contributed by atoms with Crippen molar-refractivity contribution >= 4 is 55.6 Å². The Bertz CT molecular complexity index is 2460. The molecular formula is C47H59ClN7O8S+. The standard InChI is InChI=1S/C47H58ClN7O8S/c1-31(56)39-4-3-5-40(33-6-8-35(48)9-7-33)41(39)15-19-53-20-22-54(23-21-53)36-10-12-42(45(27-36)63-37-26-34-14-18-49-46(34)51-30-37)47(57)52-64(59,60)38-11-13-43(44(28-38)55(58)61-2)50-29-32-16-24-62-25-17-32/h8,10-15,18-19,26-28,30-33,39-41,56H,3-7,9,16-17,20-25,29H2,1-2H3,(H2-,49,50,51,52,57,58)/p+1/b19-15+/t31?,33?,39?,40-,41?/m0/s1. The van der Waals surface area contributed by atoms with Gasteiger partial charge in [0.05, 0.1) is 27.7 Å². The molecule has 2 aromatic heterocycles. The summed E-state index contributed by atoms with van der Waals surface area (Å²) in [5.41, 5.74) is 1.81. The predicted octanol–water partition coefficient (Wildman–Crippen LogP) is 8.26. The number of allylic oxidation sites excluding steroid dienone is 3. The van der Waals surface area contributed by atoms with Gasteiger partial charge in [-0.1, -0.05) is 30.2 Å². The molecule has 1 amide bonds. The average Bonchev–Trinajstić information content (AvgIpc) is 3.78. The zero-order valence-electron chi connectivity index (χ0n) is 36.5. The molecule has 8 rings (SSSR count). The minimum absolute atomic E-state index is 0.00851. The lowest BCUT2D eigenvalue weighted by Gasteiger charge is -2.43. The molecule has 0 spiro atoms. The second-order valence-corrected chi connectivity index (χ2v) is 19.7. The Balaban J connectivity index is 0.990. The number of hydrogen-bond donors (Lipinski definition) is 4. The SMILES string of the molecule is CO[N+](=O)c1cc(S(=O)(=O)NC(=O)c2ccc(N3CCN(/C=C/C4C(C(C)O)CCC[C@H]4C4CC=C(Cl)CC4)CC3)cc2Oc2cnc3[nH]ccc3c2)ccc1NCC1CCOCC1. The van der Waals surface area contributed by atoms with Crippen LogP contribution in [0.15, 0.2) is 89.2 Å². The highest BCUT2D eigenvalue weighted by Gasteiger charge is 2.39. The van der Waals surface area contributed by atoms with Crippen LogP contribution < -0.4 is 19.7 Å². The molecule has 64 heavy (non-hydrogen) atoms. The maximum absolute atomic E-state index is 14.0. The van der Waals surface area contributed by atoms with Gasteiger partial charge in [0.1, 0.15) is 22.8 Å². The summed E-state index contributed by atoms with van der Waals surface area (Å²) in [6.07, 6.45) is 17.8. The smallest absolute Gasteiger partial charge is 0.340 e. The van der Waals surface area contributed by atoms with E-state index in [9.17, 15) is 23.2 Å². The van der Waals surface area contributed by atoms with E-state index < -0.39 is 15.9 Å². The number of aliphatic hydroxyl groups is 1. The summed E-state index contributed by atoms with van der Waals surface area (Å²) < 4.78 is 41.6. The van der Waals surface area contributed by atoms with Crippen LogP contribution in [0.25, 0.3) is 11.0 Å². The van der Waals surface area contributed by atoms with E-state index >= 15 is 0 Å². The van der Waals surface area contributed by atoms with Crippen LogP contribution in [0.2, 0.25) is 0 Å². The fourth-order valence-corrected chi connectivity index (χ4v) is 11.0. The minimum atomic E-state index is -4.49.